The van der Waals surface area contributed by atoms with Crippen LogP contribution in [0.25, 0.3) is 0 Å². The fourth-order valence-electron chi connectivity index (χ4n) is 1.91. The van der Waals surface area contributed by atoms with Gasteiger partial charge in [-0.05, 0) is 30.8 Å². The molecule has 5 nitrogen and oxygen atoms in total. The first-order valence-corrected chi connectivity index (χ1v) is 6.55. The molecule has 0 aliphatic carbocycles. The second-order valence-corrected chi connectivity index (χ2v) is 4.74. The van der Waals surface area contributed by atoms with Crippen LogP contribution >= 0.6 is 23.2 Å². The molecule has 0 spiro atoms. The summed E-state index contributed by atoms with van der Waals surface area (Å²) in [6.45, 7) is 1.17. The van der Waals surface area contributed by atoms with Crippen LogP contribution in [0.5, 0.6) is 0 Å². The molecule has 19 heavy (non-hydrogen) atoms. The van der Waals surface area contributed by atoms with Crippen molar-refractivity contribution >= 4 is 23.2 Å². The van der Waals surface area contributed by atoms with Crippen LogP contribution in [0.4, 0.5) is 0 Å². The third-order valence-corrected chi connectivity index (χ3v) is 3.28. The molecule has 2 rings (SSSR count). The number of halogens is 2. The number of hydrogen-bond acceptors (Lipinski definition) is 4. The minimum Gasteiger partial charge on any atom is -0.448 e. The van der Waals surface area contributed by atoms with E-state index in [1.54, 1.807) is 24.1 Å². The zero-order chi connectivity index (χ0) is 13.8. The van der Waals surface area contributed by atoms with Gasteiger partial charge in [-0.2, -0.15) is 5.10 Å². The molecular weight excluding hydrogens is 289 g/mol. The van der Waals surface area contributed by atoms with E-state index in [0.29, 0.717) is 29.2 Å². The molecule has 0 saturated heterocycles. The van der Waals surface area contributed by atoms with Crippen LogP contribution in [0, 0.1) is 0 Å². The molecule has 0 bridgehead atoms. The summed E-state index contributed by atoms with van der Waals surface area (Å²) in [7, 11) is 3.47. The highest BCUT2D eigenvalue weighted by molar-refractivity contribution is 6.31. The Bertz CT molecular complexity index is 539. The van der Waals surface area contributed by atoms with E-state index in [4.69, 9.17) is 32.4 Å². The van der Waals surface area contributed by atoms with E-state index in [2.05, 4.69) is 10.4 Å². The lowest BCUT2D eigenvalue weighted by Gasteiger charge is -2.16. The summed E-state index contributed by atoms with van der Waals surface area (Å²) in [5.41, 5.74) is 0.826. The molecule has 0 aliphatic rings. The normalized spacial score (nSPS) is 12.8. The molecule has 0 radical (unpaired) electrons. The molecule has 0 fully saturated rings. The van der Waals surface area contributed by atoms with Gasteiger partial charge in [0.2, 0.25) is 0 Å². The van der Waals surface area contributed by atoms with Gasteiger partial charge >= 0.3 is 0 Å². The molecule has 0 aromatic carbocycles. The van der Waals surface area contributed by atoms with Crippen LogP contribution in [-0.2, 0) is 11.3 Å². The van der Waals surface area contributed by atoms with E-state index in [1.165, 1.54) is 0 Å². The van der Waals surface area contributed by atoms with Crippen molar-refractivity contribution in [3.05, 3.63) is 40.0 Å². The molecule has 2 aromatic rings. The van der Waals surface area contributed by atoms with Crippen LogP contribution in [0.15, 0.2) is 22.7 Å². The summed E-state index contributed by atoms with van der Waals surface area (Å²) in [4.78, 5) is 0. The second kappa shape index (κ2) is 6.43. The summed E-state index contributed by atoms with van der Waals surface area (Å²) in [6.07, 6.45) is 1.61. The van der Waals surface area contributed by atoms with Crippen LogP contribution in [-0.4, -0.2) is 30.5 Å². The molecule has 0 aliphatic heterocycles. The Labute approximate surface area is 121 Å². The molecule has 1 unspecified atom stereocenters. The second-order valence-electron chi connectivity index (χ2n) is 3.96. The number of nitrogens with one attached hydrogen (secondary N) is 1. The van der Waals surface area contributed by atoms with Crippen molar-refractivity contribution in [2.75, 3.05) is 20.8 Å². The van der Waals surface area contributed by atoms with Crippen molar-refractivity contribution in [1.29, 1.82) is 0 Å². The highest BCUT2D eigenvalue weighted by Crippen LogP contribution is 2.30. The van der Waals surface area contributed by atoms with Crippen LogP contribution in [0.1, 0.15) is 17.5 Å². The lowest BCUT2D eigenvalue weighted by atomic mass is 10.1. The molecule has 2 heterocycles. The van der Waals surface area contributed by atoms with E-state index in [0.717, 1.165) is 5.69 Å². The molecule has 2 aromatic heterocycles. The number of furan rings is 1. The number of methoxy groups -OCH3 is 1. The summed E-state index contributed by atoms with van der Waals surface area (Å²) in [5.74, 6) is 0.688. The number of aromatic nitrogens is 2. The van der Waals surface area contributed by atoms with Crippen LogP contribution in [0.2, 0.25) is 10.2 Å². The van der Waals surface area contributed by atoms with Crippen molar-refractivity contribution < 1.29 is 9.15 Å². The molecule has 0 amide bonds. The van der Waals surface area contributed by atoms with Crippen molar-refractivity contribution in [2.24, 2.45) is 0 Å². The van der Waals surface area contributed by atoms with Gasteiger partial charge in [0.05, 0.1) is 30.1 Å². The Hall–Kier alpha value is -1.01. The number of ether oxygens (including phenoxy) is 1. The van der Waals surface area contributed by atoms with Crippen molar-refractivity contribution in [2.45, 2.75) is 12.6 Å². The fraction of sp³-hybridized carbons (Fsp3) is 0.417. The summed E-state index contributed by atoms with van der Waals surface area (Å²) in [6, 6.07) is 3.30. The van der Waals surface area contributed by atoms with Crippen LogP contribution < -0.4 is 5.32 Å². The SMILES string of the molecule is CNC(c1ccc(Cl)o1)c1c(Cl)cnn1CCOC. The topological polar surface area (TPSA) is 52.2 Å². The standard InChI is InChI=1S/C12H15Cl2N3O2/c1-15-11(9-3-4-10(14)19-9)12-8(13)7-16-17(12)5-6-18-2/h3-4,7,11,15H,5-6H2,1-2H3. The van der Waals surface area contributed by atoms with E-state index >= 15 is 0 Å². The van der Waals surface area contributed by atoms with Crippen molar-refractivity contribution in [1.82, 2.24) is 15.1 Å². The molecule has 104 valence electrons. The van der Waals surface area contributed by atoms with Gasteiger partial charge in [0.15, 0.2) is 5.22 Å². The fourth-order valence-corrected chi connectivity index (χ4v) is 2.31. The van der Waals surface area contributed by atoms with E-state index in [1.807, 2.05) is 13.1 Å². The monoisotopic (exact) mass is 303 g/mol. The Morgan fingerprint density at radius 2 is 2.26 bits per heavy atom. The average Bonchev–Trinajstić information content (AvgIpc) is 2.97. The van der Waals surface area contributed by atoms with E-state index in [9.17, 15) is 0 Å². The van der Waals surface area contributed by atoms with Gasteiger partial charge in [0, 0.05) is 7.11 Å². The van der Waals surface area contributed by atoms with Gasteiger partial charge in [-0.15, -0.1) is 0 Å². The minimum atomic E-state index is -0.209. The lowest BCUT2D eigenvalue weighted by molar-refractivity contribution is 0.181. The quantitative estimate of drug-likeness (QED) is 0.891. The minimum absolute atomic E-state index is 0.209. The molecule has 1 atom stereocenters. The molecular formula is C12H15Cl2N3O2. The summed E-state index contributed by atoms with van der Waals surface area (Å²) < 4.78 is 12.3. The molecule has 7 heteroatoms. The van der Waals surface area contributed by atoms with Crippen molar-refractivity contribution in [3.63, 3.8) is 0 Å². The predicted molar refractivity (Wildman–Crippen MR) is 73.7 cm³/mol. The first-order valence-electron chi connectivity index (χ1n) is 5.80. The van der Waals surface area contributed by atoms with Crippen LogP contribution in [0.3, 0.4) is 0 Å². The zero-order valence-corrected chi connectivity index (χ0v) is 12.2. The number of rotatable bonds is 6. The highest BCUT2D eigenvalue weighted by atomic mass is 35.5. The van der Waals surface area contributed by atoms with Gasteiger partial charge in [-0.25, -0.2) is 0 Å². The van der Waals surface area contributed by atoms with Gasteiger partial charge in [0.25, 0.3) is 0 Å². The zero-order valence-electron chi connectivity index (χ0n) is 10.7. The highest BCUT2D eigenvalue weighted by Gasteiger charge is 2.23. The van der Waals surface area contributed by atoms with Crippen molar-refractivity contribution in [3.8, 4) is 0 Å². The van der Waals surface area contributed by atoms with E-state index in [-0.39, 0.29) is 6.04 Å². The lowest BCUT2D eigenvalue weighted by Crippen LogP contribution is -2.22. The Kier molecular flexibility index (Phi) is 4.87. The smallest absolute Gasteiger partial charge is 0.193 e. The summed E-state index contributed by atoms with van der Waals surface area (Å²) >= 11 is 12.0. The first kappa shape index (κ1) is 14.4. The molecule has 1 N–H and O–H groups in total. The molecule has 0 saturated carbocycles. The average molecular weight is 304 g/mol. The summed E-state index contributed by atoms with van der Waals surface area (Å²) in [5, 5.41) is 8.31. The predicted octanol–water partition coefficient (Wildman–Crippen LogP) is 2.74. The first-order chi connectivity index (χ1) is 9.17. The van der Waals surface area contributed by atoms with Gasteiger partial charge in [-0.1, -0.05) is 11.6 Å². The maximum atomic E-state index is 6.22. The maximum Gasteiger partial charge on any atom is 0.193 e. The van der Waals surface area contributed by atoms with Gasteiger partial charge in [0.1, 0.15) is 11.8 Å². The maximum absolute atomic E-state index is 6.22. The number of hydrogen-bond donors (Lipinski definition) is 1. The Balaban J connectivity index is 2.34. The Morgan fingerprint density at radius 1 is 1.47 bits per heavy atom. The third kappa shape index (κ3) is 3.12. The number of nitrogens with zero attached hydrogens (tertiary/aromatic N) is 2. The van der Waals surface area contributed by atoms with Gasteiger partial charge < -0.3 is 14.5 Å². The Morgan fingerprint density at radius 3 is 2.84 bits per heavy atom. The van der Waals surface area contributed by atoms with E-state index < -0.39 is 0 Å². The third-order valence-electron chi connectivity index (χ3n) is 2.78. The van der Waals surface area contributed by atoms with Gasteiger partial charge in [-0.3, -0.25) is 4.68 Å². The largest absolute Gasteiger partial charge is 0.448 e.